The molecule has 0 aliphatic rings. The zero-order chi connectivity index (χ0) is 13.0. The predicted molar refractivity (Wildman–Crippen MR) is 70.7 cm³/mol. The van der Waals surface area contributed by atoms with E-state index in [0.29, 0.717) is 5.69 Å². The molecular weight excluding hydrogens is 232 g/mol. The van der Waals surface area contributed by atoms with Crippen LogP contribution in [0.3, 0.4) is 0 Å². The normalized spacial score (nSPS) is 11.9. The monoisotopic (exact) mass is 245 g/mol. The van der Waals surface area contributed by atoms with Crippen LogP contribution in [0.2, 0.25) is 0 Å². The molecule has 0 aromatic heterocycles. The number of nitrogens with zero attached hydrogens (tertiary/aromatic N) is 1. The van der Waals surface area contributed by atoms with Gasteiger partial charge in [-0.15, -0.1) is 0 Å². The van der Waals surface area contributed by atoms with Gasteiger partial charge in [0.2, 0.25) is 0 Å². The Balaban J connectivity index is 2.47. The molecule has 0 radical (unpaired) electrons. The minimum atomic E-state index is -2.52. The van der Waals surface area contributed by atoms with Crippen LogP contribution < -0.4 is 0 Å². The number of aliphatic imine (C=N–C) groups is 1. The fourth-order valence-corrected chi connectivity index (χ4v) is 1.67. The van der Waals surface area contributed by atoms with Crippen molar-refractivity contribution < 1.29 is 8.78 Å². The molecule has 2 rings (SSSR count). The zero-order valence-corrected chi connectivity index (χ0v) is 9.98. The van der Waals surface area contributed by atoms with E-state index in [9.17, 15) is 8.78 Å². The summed E-state index contributed by atoms with van der Waals surface area (Å²) < 4.78 is 25.0. The summed E-state index contributed by atoms with van der Waals surface area (Å²) in [4.78, 5) is 4.00. The molecule has 2 aromatic carbocycles. The van der Waals surface area contributed by atoms with Gasteiger partial charge >= 0.3 is 0 Å². The van der Waals surface area contributed by atoms with Crippen LogP contribution in [-0.2, 0) is 0 Å². The van der Waals surface area contributed by atoms with Gasteiger partial charge in [-0.1, -0.05) is 48.5 Å². The van der Waals surface area contributed by atoms with Gasteiger partial charge in [-0.3, -0.25) is 4.99 Å². The summed E-state index contributed by atoms with van der Waals surface area (Å²) in [7, 11) is 0. The van der Waals surface area contributed by atoms with Crippen molar-refractivity contribution in [2.75, 3.05) is 0 Å². The minimum Gasteiger partial charge on any atom is -0.252 e. The number of hydrogen-bond acceptors (Lipinski definition) is 1. The first-order valence-corrected chi connectivity index (χ1v) is 5.66. The average molecular weight is 245 g/mol. The smallest absolute Gasteiger partial charge is 0.252 e. The van der Waals surface area contributed by atoms with E-state index in [1.165, 1.54) is 6.92 Å². The maximum atomic E-state index is 12.5. The van der Waals surface area contributed by atoms with Crippen molar-refractivity contribution in [3.8, 4) is 11.1 Å². The average Bonchev–Trinajstić information content (AvgIpc) is 2.40. The molecular formula is C15H13F2N. The predicted octanol–water partition coefficient (Wildman–Crippen LogP) is 4.71. The van der Waals surface area contributed by atoms with Gasteiger partial charge in [0, 0.05) is 5.56 Å². The summed E-state index contributed by atoms with van der Waals surface area (Å²) in [6.07, 6.45) is -2.52. The van der Waals surface area contributed by atoms with Crippen LogP contribution in [0.25, 0.3) is 11.1 Å². The largest absolute Gasteiger partial charge is 0.276 e. The first kappa shape index (κ1) is 12.4. The summed E-state index contributed by atoms with van der Waals surface area (Å²) in [6.45, 7) is 1.34. The fourth-order valence-electron chi connectivity index (χ4n) is 1.67. The van der Waals surface area contributed by atoms with Gasteiger partial charge in [0.05, 0.1) is 11.4 Å². The van der Waals surface area contributed by atoms with Crippen molar-refractivity contribution in [1.29, 1.82) is 0 Å². The van der Waals surface area contributed by atoms with Crippen molar-refractivity contribution in [1.82, 2.24) is 0 Å². The number of rotatable bonds is 3. The number of benzene rings is 2. The maximum absolute atomic E-state index is 12.5. The van der Waals surface area contributed by atoms with Crippen molar-refractivity contribution in [3.63, 3.8) is 0 Å². The Kier molecular flexibility index (Phi) is 3.82. The van der Waals surface area contributed by atoms with Crippen LogP contribution in [0.5, 0.6) is 0 Å². The zero-order valence-electron chi connectivity index (χ0n) is 9.98. The van der Waals surface area contributed by atoms with Gasteiger partial charge in [-0.25, -0.2) is 8.78 Å². The lowest BCUT2D eigenvalue weighted by atomic mass is 10.0. The highest BCUT2D eigenvalue weighted by atomic mass is 19.3. The first-order chi connectivity index (χ1) is 8.68. The van der Waals surface area contributed by atoms with Gasteiger partial charge in [-0.2, -0.15) is 0 Å². The Morgan fingerprint density at radius 3 is 2.22 bits per heavy atom. The third-order valence-electron chi connectivity index (χ3n) is 2.60. The molecule has 0 saturated carbocycles. The van der Waals surface area contributed by atoms with Crippen molar-refractivity contribution in [2.45, 2.75) is 13.3 Å². The molecule has 3 heteroatoms. The van der Waals surface area contributed by atoms with E-state index in [0.717, 1.165) is 11.1 Å². The number of hydrogen-bond donors (Lipinski definition) is 0. The van der Waals surface area contributed by atoms with Gasteiger partial charge in [0.15, 0.2) is 0 Å². The highest BCUT2D eigenvalue weighted by Crippen LogP contribution is 2.30. The molecule has 92 valence electrons. The molecule has 0 bridgehead atoms. The molecule has 0 fully saturated rings. The van der Waals surface area contributed by atoms with E-state index >= 15 is 0 Å². The van der Waals surface area contributed by atoms with Gasteiger partial charge in [0.25, 0.3) is 6.43 Å². The molecule has 0 aliphatic carbocycles. The van der Waals surface area contributed by atoms with Crippen LogP contribution in [-0.4, -0.2) is 12.1 Å². The lowest BCUT2D eigenvalue weighted by molar-refractivity contribution is 0.225. The summed E-state index contributed by atoms with van der Waals surface area (Å²) in [5.74, 6) is 0. The number of alkyl halides is 2. The molecule has 0 saturated heterocycles. The van der Waals surface area contributed by atoms with Crippen LogP contribution in [0.15, 0.2) is 59.6 Å². The molecule has 0 aliphatic heterocycles. The minimum absolute atomic E-state index is 0.168. The van der Waals surface area contributed by atoms with Crippen molar-refractivity contribution >= 4 is 11.4 Å². The Morgan fingerprint density at radius 2 is 1.56 bits per heavy atom. The molecule has 0 amide bonds. The molecule has 0 atom stereocenters. The molecule has 1 nitrogen and oxygen atoms in total. The van der Waals surface area contributed by atoms with E-state index in [1.54, 1.807) is 12.1 Å². The van der Waals surface area contributed by atoms with Crippen LogP contribution in [0.1, 0.15) is 6.92 Å². The van der Waals surface area contributed by atoms with E-state index in [1.807, 2.05) is 42.5 Å². The molecule has 18 heavy (non-hydrogen) atoms. The summed E-state index contributed by atoms with van der Waals surface area (Å²) >= 11 is 0. The van der Waals surface area contributed by atoms with E-state index in [-0.39, 0.29) is 5.71 Å². The second-order valence-electron chi connectivity index (χ2n) is 3.94. The molecule has 0 unspecified atom stereocenters. The van der Waals surface area contributed by atoms with Crippen LogP contribution in [0, 0.1) is 0 Å². The third-order valence-corrected chi connectivity index (χ3v) is 2.60. The topological polar surface area (TPSA) is 12.4 Å². The number of para-hydroxylation sites is 1. The van der Waals surface area contributed by atoms with Gasteiger partial charge in [0.1, 0.15) is 0 Å². The van der Waals surface area contributed by atoms with Gasteiger partial charge < -0.3 is 0 Å². The van der Waals surface area contributed by atoms with E-state index in [2.05, 4.69) is 4.99 Å². The SMILES string of the molecule is C/C(=N\c1ccccc1-c1ccccc1)C(F)F. The van der Waals surface area contributed by atoms with E-state index < -0.39 is 6.43 Å². The fraction of sp³-hybridized carbons (Fsp3) is 0.133. The standard InChI is InChI=1S/C15H13F2N/c1-11(15(16)17)18-14-10-6-5-9-13(14)12-7-3-2-4-8-12/h2-10,15H,1H3/b18-11+. The highest BCUT2D eigenvalue weighted by Gasteiger charge is 2.09. The second kappa shape index (κ2) is 5.54. The summed E-state index contributed by atoms with van der Waals surface area (Å²) in [5.41, 5.74) is 2.23. The van der Waals surface area contributed by atoms with Crippen LogP contribution in [0.4, 0.5) is 14.5 Å². The quantitative estimate of drug-likeness (QED) is 0.694. The molecule has 0 N–H and O–H groups in total. The lowest BCUT2D eigenvalue weighted by Gasteiger charge is -2.06. The summed E-state index contributed by atoms with van der Waals surface area (Å²) in [6, 6.07) is 16.9. The highest BCUT2D eigenvalue weighted by molar-refractivity contribution is 5.90. The maximum Gasteiger partial charge on any atom is 0.276 e. The molecule has 2 aromatic rings. The number of halogens is 2. The summed E-state index contributed by atoms with van der Waals surface area (Å²) in [5, 5.41) is 0. The van der Waals surface area contributed by atoms with Crippen LogP contribution >= 0.6 is 0 Å². The Labute approximate surface area is 105 Å². The first-order valence-electron chi connectivity index (χ1n) is 5.66. The van der Waals surface area contributed by atoms with E-state index in [4.69, 9.17) is 0 Å². The molecule has 0 heterocycles. The molecule has 0 spiro atoms. The van der Waals surface area contributed by atoms with Gasteiger partial charge in [-0.05, 0) is 18.6 Å². The Morgan fingerprint density at radius 1 is 0.944 bits per heavy atom. The Hall–Kier alpha value is -2.03. The van der Waals surface area contributed by atoms with Crippen molar-refractivity contribution in [3.05, 3.63) is 54.6 Å². The Bertz CT molecular complexity index is 547. The third kappa shape index (κ3) is 2.80. The van der Waals surface area contributed by atoms with Crippen molar-refractivity contribution in [2.24, 2.45) is 4.99 Å². The lowest BCUT2D eigenvalue weighted by Crippen LogP contribution is -2.03. The second-order valence-corrected chi connectivity index (χ2v) is 3.94.